The maximum atomic E-state index is 14.5. The van der Waals surface area contributed by atoms with Crippen LogP contribution in [0.4, 0.5) is 0 Å². The summed E-state index contributed by atoms with van der Waals surface area (Å²) in [7, 11) is 0. The van der Waals surface area contributed by atoms with Crippen molar-refractivity contribution in [3.63, 3.8) is 0 Å². The van der Waals surface area contributed by atoms with Gasteiger partial charge in [0.2, 0.25) is 88.6 Å². The molecule has 624 valence electrons. The number of nitrogens with zero attached hydrogens (tertiary/aromatic N) is 3. The quantitative estimate of drug-likeness (QED) is 0.0274. The number of carboxylic acids is 4. The molecule has 0 unspecified atom stereocenters. The van der Waals surface area contributed by atoms with Crippen LogP contribution in [0, 0.1) is 11.8 Å². The molecule has 113 heavy (non-hydrogen) atoms. The summed E-state index contributed by atoms with van der Waals surface area (Å²) in [5.74, 6) is -23.1. The van der Waals surface area contributed by atoms with Crippen LogP contribution in [0.5, 0.6) is 0 Å². The number of aromatic nitrogens is 2. The average molecular weight is 1610 g/mol. The second kappa shape index (κ2) is 45.8. The number of aliphatic hydroxyl groups is 1. The molecule has 2 fully saturated rings. The van der Waals surface area contributed by atoms with Gasteiger partial charge in [-0.15, -0.1) is 0 Å². The van der Waals surface area contributed by atoms with Gasteiger partial charge in [-0.3, -0.25) is 91.1 Å². The molecule has 43 heteroatoms. The van der Waals surface area contributed by atoms with Gasteiger partial charge in [0, 0.05) is 56.4 Å². The van der Waals surface area contributed by atoms with Crippen molar-refractivity contribution >= 4 is 125 Å². The standard InChI is InChI=1S/C70H104N18O24S/c1-8-34(4)55(85-63(104)43(25-38-14-10-9-11-15-38)77-51(91)30-74-57(98)35(5)71)66(107)83-44(26-39-29-73-32-75-39)60(101)84-47(31-113)69(110)88-23-13-17-49(88)65(106)86-56(37(7)89)67(108)78-40(18-20-52(92)93)58(99)81-45(27-50(72)90)61(102)79-41(19-21-53(94)95)68(109)87-22-12-16-48(87)64(105)82-46(28-54(96)97)62(103)80-42(24-33(2)3)59(100)76-36(6)70(111)112/h9-11,14-15,29,32-37,40-49,55-56,89,113H,8,12-13,16-28,30-31,71H2,1-7H3,(H2,72,90)(H,73,75)(H,74,98)(H,76,100)(H,77,91)(H,78,108)(H,79,102)(H,80,103)(H,81,99)(H,82,105)(H,83,107)(H,84,101)(H,85,104)(H,86,106)(H,92,93)(H,94,95)(H,96,97)(H,111,112)/t34-,35-,36-,37+,40-,41-,42-,43-,44-,45-,46-,47-,48-,49-,55-,56-/m0/s1. The number of amides is 15. The van der Waals surface area contributed by atoms with Crippen molar-refractivity contribution in [3.05, 3.63) is 54.1 Å². The zero-order valence-electron chi connectivity index (χ0n) is 63.5. The minimum absolute atomic E-state index is 0.0549. The summed E-state index contributed by atoms with van der Waals surface area (Å²) in [4.78, 5) is 264. The molecule has 1 aromatic carbocycles. The average Bonchev–Trinajstić information content (AvgIpc) is 1.77. The van der Waals surface area contributed by atoms with E-state index in [1.54, 1.807) is 58.0 Å². The minimum atomic E-state index is -2.11. The summed E-state index contributed by atoms with van der Waals surface area (Å²) in [5.41, 5.74) is 12.1. The summed E-state index contributed by atoms with van der Waals surface area (Å²) in [6, 6.07) is -13.8. The van der Waals surface area contributed by atoms with Gasteiger partial charge < -0.3 is 116 Å². The molecule has 3 heterocycles. The highest BCUT2D eigenvalue weighted by Gasteiger charge is 2.44. The van der Waals surface area contributed by atoms with E-state index >= 15 is 0 Å². The van der Waals surface area contributed by atoms with E-state index < -0.39 is 260 Å². The lowest BCUT2D eigenvalue weighted by Gasteiger charge is -2.31. The molecule has 2 saturated heterocycles. The molecule has 0 spiro atoms. The van der Waals surface area contributed by atoms with Crippen LogP contribution < -0.4 is 75.3 Å². The minimum Gasteiger partial charge on any atom is -0.481 e. The number of aliphatic hydroxyl groups excluding tert-OH is 1. The van der Waals surface area contributed by atoms with Crippen LogP contribution in [0.3, 0.4) is 0 Å². The molecule has 0 saturated carbocycles. The van der Waals surface area contributed by atoms with Gasteiger partial charge in [-0.25, -0.2) is 4.98 Å². The maximum Gasteiger partial charge on any atom is 0.325 e. The first-order valence-corrected chi connectivity index (χ1v) is 37.2. The predicted octanol–water partition coefficient (Wildman–Crippen LogP) is -6.44. The van der Waals surface area contributed by atoms with Crippen molar-refractivity contribution in [2.45, 2.75) is 229 Å². The van der Waals surface area contributed by atoms with E-state index in [0.29, 0.717) is 17.7 Å². The Balaban J connectivity index is 1.54. The predicted molar refractivity (Wildman–Crippen MR) is 397 cm³/mol. The fraction of sp³-hybridized carbons (Fsp3) is 0.600. The van der Waals surface area contributed by atoms with Gasteiger partial charge >= 0.3 is 23.9 Å². The third-order valence-corrected chi connectivity index (χ3v) is 18.7. The van der Waals surface area contributed by atoms with E-state index in [9.17, 15) is 117 Å². The van der Waals surface area contributed by atoms with Gasteiger partial charge in [0.15, 0.2) is 0 Å². The second-order valence-electron chi connectivity index (χ2n) is 28.0. The van der Waals surface area contributed by atoms with Crippen molar-refractivity contribution in [2.24, 2.45) is 23.3 Å². The number of aliphatic carboxylic acids is 4. The molecule has 2 aromatic rings. The first-order valence-electron chi connectivity index (χ1n) is 36.6. The van der Waals surface area contributed by atoms with E-state index in [4.69, 9.17) is 11.5 Å². The van der Waals surface area contributed by atoms with Gasteiger partial charge in [0.1, 0.15) is 78.5 Å². The molecule has 1 aromatic heterocycles. The number of carbonyl (C=O) groups is 19. The lowest BCUT2D eigenvalue weighted by molar-refractivity contribution is -0.145. The molecule has 4 rings (SSSR count). The Morgan fingerprint density at radius 3 is 1.53 bits per heavy atom. The van der Waals surface area contributed by atoms with Crippen LogP contribution in [0.1, 0.15) is 137 Å². The Morgan fingerprint density at radius 1 is 0.540 bits per heavy atom. The summed E-state index contributed by atoms with van der Waals surface area (Å²) >= 11 is 4.34. The van der Waals surface area contributed by atoms with Crippen LogP contribution in [-0.4, -0.2) is 274 Å². The molecule has 2 aliphatic heterocycles. The first-order chi connectivity index (χ1) is 53.2. The third kappa shape index (κ3) is 30.7. The Morgan fingerprint density at radius 2 is 1.02 bits per heavy atom. The molecule has 22 N–H and O–H groups in total. The van der Waals surface area contributed by atoms with E-state index in [1.165, 1.54) is 19.4 Å². The summed E-state index contributed by atoms with van der Waals surface area (Å²) in [5, 5.41) is 78.2. The number of carbonyl (C=O) groups excluding carboxylic acids is 15. The fourth-order valence-electron chi connectivity index (χ4n) is 12.1. The molecule has 2 aliphatic rings. The highest BCUT2D eigenvalue weighted by atomic mass is 32.1. The molecular weight excluding hydrogens is 1510 g/mol. The number of rotatable bonds is 47. The lowest BCUT2D eigenvalue weighted by atomic mass is 9.96. The zero-order chi connectivity index (χ0) is 84.7. The Bertz CT molecular complexity index is 3740. The van der Waals surface area contributed by atoms with E-state index in [-0.39, 0.29) is 64.0 Å². The molecule has 0 aliphatic carbocycles. The Labute approximate surface area is 654 Å². The number of imidazole rings is 1. The molecule has 0 bridgehead atoms. The summed E-state index contributed by atoms with van der Waals surface area (Å²) < 4.78 is 0. The Hall–Kier alpha value is -11.4. The highest BCUT2D eigenvalue weighted by molar-refractivity contribution is 7.80. The maximum absolute atomic E-state index is 14.5. The van der Waals surface area contributed by atoms with Crippen molar-refractivity contribution in [1.82, 2.24) is 83.6 Å². The number of aromatic amines is 1. The highest BCUT2D eigenvalue weighted by Crippen LogP contribution is 2.23. The largest absolute Gasteiger partial charge is 0.481 e. The number of hydrogen-bond donors (Lipinski definition) is 21. The van der Waals surface area contributed by atoms with Crippen LogP contribution >= 0.6 is 12.6 Å². The van der Waals surface area contributed by atoms with E-state index in [0.717, 1.165) is 23.6 Å². The lowest BCUT2D eigenvalue weighted by Crippen LogP contribution is -2.62. The molecular formula is C70H104N18O24S. The zero-order valence-corrected chi connectivity index (χ0v) is 64.4. The molecule has 0 radical (unpaired) electrons. The van der Waals surface area contributed by atoms with Crippen LogP contribution in [0.2, 0.25) is 0 Å². The van der Waals surface area contributed by atoms with Crippen molar-refractivity contribution in [2.75, 3.05) is 25.4 Å². The van der Waals surface area contributed by atoms with E-state index in [2.05, 4.69) is 86.4 Å². The Kier molecular flexibility index (Phi) is 38.1. The fourth-order valence-corrected chi connectivity index (χ4v) is 12.3. The number of benzene rings is 1. The topological polar surface area (TPSA) is 657 Å². The van der Waals surface area contributed by atoms with Crippen molar-refractivity contribution < 1.29 is 117 Å². The molecule has 16 atom stereocenters. The van der Waals surface area contributed by atoms with Crippen LogP contribution in [-0.2, 0) is 104 Å². The van der Waals surface area contributed by atoms with Crippen molar-refractivity contribution in [3.8, 4) is 0 Å². The summed E-state index contributed by atoms with van der Waals surface area (Å²) in [6.07, 6.45) is -4.62. The van der Waals surface area contributed by atoms with Gasteiger partial charge in [0.25, 0.3) is 0 Å². The first kappa shape index (κ1) is 94.0. The number of nitrogens with two attached hydrogens (primary N) is 2. The van der Waals surface area contributed by atoms with Gasteiger partial charge in [-0.2, -0.15) is 12.6 Å². The molecule has 15 amide bonds. The van der Waals surface area contributed by atoms with E-state index in [1.807, 2.05) is 0 Å². The van der Waals surface area contributed by atoms with Gasteiger partial charge in [0.05, 0.1) is 37.9 Å². The number of primary amides is 1. The number of thiol groups is 1. The van der Waals surface area contributed by atoms with Crippen LogP contribution in [0.25, 0.3) is 0 Å². The number of hydrogen-bond acceptors (Lipinski definition) is 23. The van der Waals surface area contributed by atoms with Gasteiger partial charge in [-0.1, -0.05) is 64.4 Å². The second-order valence-corrected chi connectivity index (χ2v) is 28.4. The number of likely N-dealkylation sites (tertiary alicyclic amines) is 2. The monoisotopic (exact) mass is 1610 g/mol. The molecule has 42 nitrogen and oxygen atoms in total. The third-order valence-electron chi connectivity index (χ3n) is 18.4. The van der Waals surface area contributed by atoms with Crippen LogP contribution in [0.15, 0.2) is 42.9 Å². The number of carboxylic acid groups (broad SMARTS) is 4. The number of H-pyrrole nitrogens is 1. The van der Waals surface area contributed by atoms with Crippen molar-refractivity contribution in [1.29, 1.82) is 0 Å². The summed E-state index contributed by atoms with van der Waals surface area (Å²) in [6.45, 7) is 9.42. The van der Waals surface area contributed by atoms with Gasteiger partial charge in [-0.05, 0) is 83.1 Å². The smallest absolute Gasteiger partial charge is 0.325 e. The SMILES string of the molecule is CC[C@H](C)[C@H](NC(=O)[C@H](Cc1ccccc1)NC(=O)CNC(=O)[C@H](C)N)C(=O)N[C@@H](Cc1cnc[nH]1)C(=O)N[C@@H](CS)C(=O)N1CCC[C@H]1C(=O)N[C@H](C(=O)N[C@@H](CCC(=O)O)C(=O)N[C@@H](CC(N)=O)C(=O)N[C@@H](CCC(=O)O)C(=O)N1CCC[C@H]1C(=O)N[C@@H](CC(=O)O)C(=O)N[C@@H](CC(C)C)C(=O)N[C@@H](C)C(=O)O)[C@@H](C)O. The normalized spacial score (nSPS) is 17.5. The number of nitrogens with one attached hydrogen (secondary N) is 13.